The molecule has 1 atom stereocenters. The van der Waals surface area contributed by atoms with Gasteiger partial charge in [0.2, 0.25) is 0 Å². The van der Waals surface area contributed by atoms with Gasteiger partial charge >= 0.3 is 6.18 Å². The lowest BCUT2D eigenvalue weighted by Gasteiger charge is -2.25. The molecule has 21 heavy (non-hydrogen) atoms. The molecule has 120 valence electrons. The molecule has 0 aromatic heterocycles. The highest BCUT2D eigenvalue weighted by Crippen LogP contribution is 2.20. The molecule has 0 radical (unpaired) electrons. The quantitative estimate of drug-likeness (QED) is 0.827. The van der Waals surface area contributed by atoms with E-state index in [0.29, 0.717) is 12.5 Å². The van der Waals surface area contributed by atoms with Crippen LogP contribution < -0.4 is 5.32 Å². The minimum absolute atomic E-state index is 0.106. The van der Waals surface area contributed by atoms with Gasteiger partial charge in [-0.15, -0.1) is 0 Å². The minimum Gasteiger partial charge on any atom is -0.312 e. The van der Waals surface area contributed by atoms with Crippen molar-refractivity contribution < 1.29 is 13.2 Å². The standard InChI is InChI=1S/C16H25F3N2/c1-12(2)9-13-5-7-14(8-6-13)15(20-3)10-21(4)11-16(17,18)19/h5-8,12,15,20H,9-11H2,1-4H3. The van der Waals surface area contributed by atoms with Crippen LogP contribution in [-0.2, 0) is 6.42 Å². The summed E-state index contributed by atoms with van der Waals surface area (Å²) in [6, 6.07) is 8.01. The number of alkyl halides is 3. The van der Waals surface area contributed by atoms with Gasteiger partial charge in [0.25, 0.3) is 0 Å². The van der Waals surface area contributed by atoms with Crippen molar-refractivity contribution in [3.63, 3.8) is 0 Å². The fraction of sp³-hybridized carbons (Fsp3) is 0.625. The highest BCUT2D eigenvalue weighted by atomic mass is 19.4. The zero-order valence-electron chi connectivity index (χ0n) is 13.2. The molecule has 0 saturated heterocycles. The molecule has 0 bridgehead atoms. The molecule has 2 nitrogen and oxygen atoms in total. The molecule has 0 aliphatic carbocycles. The van der Waals surface area contributed by atoms with Gasteiger partial charge in [0.15, 0.2) is 0 Å². The molecule has 0 aliphatic heterocycles. The SMILES string of the molecule is CNC(CN(C)CC(F)(F)F)c1ccc(CC(C)C)cc1. The third kappa shape index (κ3) is 6.96. The van der Waals surface area contributed by atoms with Crippen LogP contribution in [0.25, 0.3) is 0 Å². The van der Waals surface area contributed by atoms with Crippen LogP contribution in [-0.4, -0.2) is 38.3 Å². The van der Waals surface area contributed by atoms with Crippen molar-refractivity contribution in [2.75, 3.05) is 27.2 Å². The summed E-state index contributed by atoms with van der Waals surface area (Å²) >= 11 is 0. The number of likely N-dealkylation sites (N-methyl/N-ethyl adjacent to an activating group) is 2. The van der Waals surface area contributed by atoms with Crippen molar-refractivity contribution in [2.24, 2.45) is 5.92 Å². The van der Waals surface area contributed by atoms with Gasteiger partial charge in [-0.05, 0) is 37.6 Å². The number of nitrogens with zero attached hydrogens (tertiary/aromatic N) is 1. The molecule has 0 aliphatic rings. The van der Waals surface area contributed by atoms with Gasteiger partial charge in [-0.2, -0.15) is 13.2 Å². The molecule has 1 N–H and O–H groups in total. The number of hydrogen-bond acceptors (Lipinski definition) is 2. The third-order valence-corrected chi connectivity index (χ3v) is 3.32. The van der Waals surface area contributed by atoms with E-state index in [-0.39, 0.29) is 6.04 Å². The Morgan fingerprint density at radius 2 is 1.71 bits per heavy atom. The third-order valence-electron chi connectivity index (χ3n) is 3.32. The molecule has 1 rings (SSSR count). The van der Waals surface area contributed by atoms with Crippen LogP contribution in [0.2, 0.25) is 0 Å². The summed E-state index contributed by atoms with van der Waals surface area (Å²) in [6.45, 7) is 3.75. The maximum absolute atomic E-state index is 12.4. The van der Waals surface area contributed by atoms with Gasteiger partial charge in [-0.25, -0.2) is 0 Å². The summed E-state index contributed by atoms with van der Waals surface area (Å²) in [7, 11) is 3.26. The van der Waals surface area contributed by atoms with E-state index in [1.54, 1.807) is 7.05 Å². The molecule has 0 fully saturated rings. The molecule has 0 saturated carbocycles. The van der Waals surface area contributed by atoms with Crippen LogP contribution in [0.15, 0.2) is 24.3 Å². The smallest absolute Gasteiger partial charge is 0.312 e. The first-order chi connectivity index (χ1) is 9.71. The van der Waals surface area contributed by atoms with E-state index >= 15 is 0 Å². The molecule has 0 heterocycles. The Bertz CT molecular complexity index is 413. The molecular weight excluding hydrogens is 277 g/mol. The van der Waals surface area contributed by atoms with Crippen LogP contribution in [0.4, 0.5) is 13.2 Å². The number of benzene rings is 1. The van der Waals surface area contributed by atoms with E-state index in [1.807, 2.05) is 12.1 Å². The number of nitrogens with one attached hydrogen (secondary N) is 1. The number of hydrogen-bond donors (Lipinski definition) is 1. The topological polar surface area (TPSA) is 15.3 Å². The molecule has 1 aromatic carbocycles. The van der Waals surface area contributed by atoms with Crippen LogP contribution in [0, 0.1) is 5.92 Å². The Balaban J connectivity index is 2.67. The highest BCUT2D eigenvalue weighted by molar-refractivity contribution is 5.25. The van der Waals surface area contributed by atoms with Crippen molar-refractivity contribution in [3.8, 4) is 0 Å². The second-order valence-electron chi connectivity index (χ2n) is 5.99. The second kappa shape index (κ2) is 7.80. The van der Waals surface area contributed by atoms with Gasteiger partial charge < -0.3 is 5.32 Å². The van der Waals surface area contributed by atoms with Crippen LogP contribution in [0.5, 0.6) is 0 Å². The monoisotopic (exact) mass is 302 g/mol. The van der Waals surface area contributed by atoms with Crippen molar-refractivity contribution >= 4 is 0 Å². The highest BCUT2D eigenvalue weighted by Gasteiger charge is 2.29. The molecule has 5 heteroatoms. The first kappa shape index (κ1) is 18.0. The maximum atomic E-state index is 12.4. The summed E-state index contributed by atoms with van der Waals surface area (Å²) < 4.78 is 37.1. The fourth-order valence-electron chi connectivity index (χ4n) is 2.40. The van der Waals surface area contributed by atoms with E-state index in [4.69, 9.17) is 0 Å². The van der Waals surface area contributed by atoms with Crippen molar-refractivity contribution in [1.82, 2.24) is 10.2 Å². The average Bonchev–Trinajstić information content (AvgIpc) is 2.34. The van der Waals surface area contributed by atoms with Gasteiger partial charge in [0.1, 0.15) is 0 Å². The summed E-state index contributed by atoms with van der Waals surface area (Å²) in [6.07, 6.45) is -3.15. The van der Waals surface area contributed by atoms with E-state index < -0.39 is 12.7 Å². The van der Waals surface area contributed by atoms with Gasteiger partial charge in [-0.1, -0.05) is 38.1 Å². The zero-order valence-corrected chi connectivity index (χ0v) is 13.2. The van der Waals surface area contributed by atoms with Crippen LogP contribution >= 0.6 is 0 Å². The van der Waals surface area contributed by atoms with E-state index in [0.717, 1.165) is 12.0 Å². The first-order valence-corrected chi connectivity index (χ1v) is 7.22. The molecule has 1 aromatic rings. The molecule has 0 amide bonds. The van der Waals surface area contributed by atoms with Crippen molar-refractivity contribution in [2.45, 2.75) is 32.5 Å². The first-order valence-electron chi connectivity index (χ1n) is 7.22. The van der Waals surface area contributed by atoms with Gasteiger partial charge in [-0.3, -0.25) is 4.90 Å². The maximum Gasteiger partial charge on any atom is 0.401 e. The Labute approximate surface area is 125 Å². The molecule has 1 unspecified atom stereocenters. The lowest BCUT2D eigenvalue weighted by molar-refractivity contribution is -0.143. The van der Waals surface area contributed by atoms with Gasteiger partial charge in [0.05, 0.1) is 6.54 Å². The minimum atomic E-state index is -4.16. The van der Waals surface area contributed by atoms with Crippen molar-refractivity contribution in [3.05, 3.63) is 35.4 Å². The normalized spacial score (nSPS) is 14.0. The van der Waals surface area contributed by atoms with Crippen LogP contribution in [0.3, 0.4) is 0 Å². The Morgan fingerprint density at radius 1 is 1.14 bits per heavy atom. The number of halogens is 3. The summed E-state index contributed by atoms with van der Waals surface area (Å²) in [5.41, 5.74) is 2.27. The lowest BCUT2D eigenvalue weighted by Crippen LogP contribution is -2.37. The van der Waals surface area contributed by atoms with Crippen LogP contribution in [0.1, 0.15) is 31.0 Å². The molecule has 0 spiro atoms. The predicted octanol–water partition coefficient (Wildman–Crippen LogP) is 3.64. The second-order valence-corrected chi connectivity index (χ2v) is 5.99. The molecular formula is C16H25F3N2. The number of rotatable bonds is 7. The van der Waals surface area contributed by atoms with E-state index in [1.165, 1.54) is 17.5 Å². The summed E-state index contributed by atoms with van der Waals surface area (Å²) in [5.74, 6) is 0.592. The largest absolute Gasteiger partial charge is 0.401 e. The Morgan fingerprint density at radius 3 is 2.14 bits per heavy atom. The lowest BCUT2D eigenvalue weighted by atomic mass is 9.99. The van der Waals surface area contributed by atoms with Gasteiger partial charge in [0, 0.05) is 12.6 Å². The van der Waals surface area contributed by atoms with E-state index in [9.17, 15) is 13.2 Å². The summed E-state index contributed by atoms with van der Waals surface area (Å²) in [5, 5.41) is 3.09. The predicted molar refractivity (Wildman–Crippen MR) is 80.3 cm³/mol. The average molecular weight is 302 g/mol. The summed E-state index contributed by atoms with van der Waals surface area (Å²) in [4.78, 5) is 1.29. The van der Waals surface area contributed by atoms with Crippen molar-refractivity contribution in [1.29, 1.82) is 0 Å². The Kier molecular flexibility index (Phi) is 6.68. The zero-order chi connectivity index (χ0) is 16.0. The Hall–Kier alpha value is -1.07. The van der Waals surface area contributed by atoms with E-state index in [2.05, 4.69) is 31.3 Å². The fourth-order valence-corrected chi connectivity index (χ4v) is 2.40.